The highest BCUT2D eigenvalue weighted by atomic mass is 15.1. The fraction of sp³-hybridized carbons (Fsp3) is 0.0606. The maximum Gasteiger partial charge on any atom is 0.148 e. The molecule has 6 heteroatoms. The molecule has 0 aliphatic heterocycles. The first-order valence-corrected chi connectivity index (χ1v) is 13.0. The molecule has 0 radical (unpaired) electrons. The van der Waals surface area contributed by atoms with E-state index >= 15 is 0 Å². The maximum absolute atomic E-state index is 7.71. The first kappa shape index (κ1) is 22.9. The van der Waals surface area contributed by atoms with E-state index in [-0.39, 0.29) is 0 Å². The van der Waals surface area contributed by atoms with E-state index < -0.39 is 0 Å². The molecule has 0 aliphatic carbocycles. The summed E-state index contributed by atoms with van der Waals surface area (Å²) in [5.41, 5.74) is 6.92. The van der Waals surface area contributed by atoms with Gasteiger partial charge in [-0.25, -0.2) is 9.98 Å². The van der Waals surface area contributed by atoms with Crippen molar-refractivity contribution in [3.63, 3.8) is 0 Å². The standard InChI is InChI=1S/C33H26N6/c1-21(34)35-22(2)36-23-11-10-14-25(19-23)39-31-18-9-7-16-27(31)29-20-28-26-15-6-8-17-30(26)38(32(28)37-33(29)39)24-12-4-3-5-13-24/h3-20H,1-2H3,(H2,34,35,36). The summed E-state index contributed by atoms with van der Waals surface area (Å²) in [5, 5.41) is 15.3. The molecule has 3 aromatic heterocycles. The number of aromatic nitrogens is 3. The quantitative estimate of drug-likeness (QED) is 0.189. The first-order valence-electron chi connectivity index (χ1n) is 13.0. The molecule has 0 unspecified atom stereocenters. The van der Waals surface area contributed by atoms with Gasteiger partial charge >= 0.3 is 0 Å². The summed E-state index contributed by atoms with van der Waals surface area (Å²) in [6, 6.07) is 37.8. The lowest BCUT2D eigenvalue weighted by atomic mass is 10.1. The second-order valence-electron chi connectivity index (χ2n) is 9.74. The normalized spacial score (nSPS) is 12.1. The molecule has 0 atom stereocenters. The molecule has 4 aromatic carbocycles. The zero-order valence-corrected chi connectivity index (χ0v) is 21.7. The van der Waals surface area contributed by atoms with Crippen LogP contribution in [0.15, 0.2) is 114 Å². The molecule has 0 fully saturated rings. The number of nitrogens with one attached hydrogen (secondary N) is 2. The predicted molar refractivity (Wildman–Crippen MR) is 162 cm³/mol. The number of aliphatic imine (C=N–C) groups is 1. The van der Waals surface area contributed by atoms with Crippen LogP contribution in [-0.2, 0) is 0 Å². The second-order valence-corrected chi connectivity index (χ2v) is 9.74. The van der Waals surface area contributed by atoms with Gasteiger partial charge < -0.3 is 5.32 Å². The van der Waals surface area contributed by atoms with Gasteiger partial charge in [0.25, 0.3) is 0 Å². The Bertz CT molecular complexity index is 2080. The van der Waals surface area contributed by atoms with Crippen molar-refractivity contribution in [3.8, 4) is 11.4 Å². The number of pyridine rings is 1. The molecule has 2 N–H and O–H groups in total. The first-order chi connectivity index (χ1) is 19.1. The summed E-state index contributed by atoms with van der Waals surface area (Å²) in [5.74, 6) is 1.03. The van der Waals surface area contributed by atoms with E-state index in [4.69, 9.17) is 10.4 Å². The van der Waals surface area contributed by atoms with Crippen LogP contribution in [0.2, 0.25) is 0 Å². The number of benzene rings is 4. The van der Waals surface area contributed by atoms with Crippen LogP contribution >= 0.6 is 0 Å². The minimum Gasteiger partial charge on any atom is -0.333 e. The minimum absolute atomic E-state index is 0.358. The molecule has 0 saturated heterocycles. The fourth-order valence-electron chi connectivity index (χ4n) is 5.55. The predicted octanol–water partition coefficient (Wildman–Crippen LogP) is 7.91. The Morgan fingerprint density at radius 3 is 1.85 bits per heavy atom. The van der Waals surface area contributed by atoms with Crippen molar-refractivity contribution >= 4 is 61.2 Å². The van der Waals surface area contributed by atoms with E-state index in [1.54, 1.807) is 6.92 Å². The van der Waals surface area contributed by atoms with Gasteiger partial charge in [0.15, 0.2) is 0 Å². The molecule has 39 heavy (non-hydrogen) atoms. The minimum atomic E-state index is 0.358. The monoisotopic (exact) mass is 506 g/mol. The van der Waals surface area contributed by atoms with Gasteiger partial charge in [-0.3, -0.25) is 14.5 Å². The van der Waals surface area contributed by atoms with Gasteiger partial charge in [-0.1, -0.05) is 60.7 Å². The molecule has 7 aromatic rings. The van der Waals surface area contributed by atoms with Crippen LogP contribution in [0.3, 0.4) is 0 Å². The molecule has 0 aliphatic rings. The highest BCUT2D eigenvalue weighted by molar-refractivity contribution is 6.16. The molecule has 0 saturated carbocycles. The van der Waals surface area contributed by atoms with Gasteiger partial charge in [0.05, 0.1) is 22.6 Å². The van der Waals surface area contributed by atoms with Crippen molar-refractivity contribution in [3.05, 3.63) is 109 Å². The summed E-state index contributed by atoms with van der Waals surface area (Å²) in [6.07, 6.45) is 0. The Balaban J connectivity index is 1.55. The van der Waals surface area contributed by atoms with Gasteiger partial charge in [0.1, 0.15) is 17.1 Å². The number of fused-ring (bicyclic) bond motifs is 6. The number of hydrogen-bond donors (Lipinski definition) is 2. The van der Waals surface area contributed by atoms with Crippen LogP contribution in [0.5, 0.6) is 0 Å². The highest BCUT2D eigenvalue weighted by Gasteiger charge is 2.19. The lowest BCUT2D eigenvalue weighted by molar-refractivity contribution is 1.11. The molecule has 0 amide bonds. The number of amidine groups is 2. The summed E-state index contributed by atoms with van der Waals surface area (Å²) in [7, 11) is 0. The summed E-state index contributed by atoms with van der Waals surface area (Å²) in [4.78, 5) is 10.1. The van der Waals surface area contributed by atoms with Gasteiger partial charge in [0.2, 0.25) is 0 Å². The summed E-state index contributed by atoms with van der Waals surface area (Å²) >= 11 is 0. The van der Waals surface area contributed by atoms with Crippen LogP contribution in [-0.4, -0.2) is 25.8 Å². The van der Waals surface area contributed by atoms with Crippen molar-refractivity contribution in [2.24, 2.45) is 4.99 Å². The third kappa shape index (κ3) is 3.77. The van der Waals surface area contributed by atoms with Crippen molar-refractivity contribution < 1.29 is 0 Å². The van der Waals surface area contributed by atoms with E-state index in [1.165, 1.54) is 5.39 Å². The van der Waals surface area contributed by atoms with Gasteiger partial charge in [-0.2, -0.15) is 0 Å². The molecule has 6 nitrogen and oxygen atoms in total. The Hall–Kier alpha value is -5.23. The smallest absolute Gasteiger partial charge is 0.148 e. The van der Waals surface area contributed by atoms with E-state index in [0.717, 1.165) is 55.5 Å². The van der Waals surface area contributed by atoms with Crippen molar-refractivity contribution in [2.45, 2.75) is 13.8 Å². The fourth-order valence-corrected chi connectivity index (χ4v) is 5.55. The lowest BCUT2D eigenvalue weighted by Gasteiger charge is -2.10. The topological polar surface area (TPSA) is 71.0 Å². The molecule has 3 heterocycles. The van der Waals surface area contributed by atoms with Gasteiger partial charge in [-0.05, 0) is 62.4 Å². The third-order valence-electron chi connectivity index (χ3n) is 7.04. The van der Waals surface area contributed by atoms with E-state index in [2.05, 4.69) is 110 Å². The SMILES string of the molecule is CC(=N)NC(C)=Nc1cccc(-n2c3ccccc3c3cc4c5ccccc5n(-c5ccccc5)c4nc32)c1. The van der Waals surface area contributed by atoms with Crippen LogP contribution in [0.25, 0.3) is 55.2 Å². The van der Waals surface area contributed by atoms with Crippen molar-refractivity contribution in [2.75, 3.05) is 0 Å². The molecular weight excluding hydrogens is 480 g/mol. The second kappa shape index (κ2) is 8.96. The number of hydrogen-bond acceptors (Lipinski definition) is 3. The van der Waals surface area contributed by atoms with E-state index in [1.807, 2.05) is 25.1 Å². The number of para-hydroxylation sites is 3. The average molecular weight is 507 g/mol. The van der Waals surface area contributed by atoms with Crippen LogP contribution < -0.4 is 5.32 Å². The molecule has 0 spiro atoms. The van der Waals surface area contributed by atoms with Crippen LogP contribution in [0.4, 0.5) is 5.69 Å². The number of rotatable bonds is 3. The molecular formula is C33H26N6. The zero-order valence-electron chi connectivity index (χ0n) is 21.7. The van der Waals surface area contributed by atoms with Gasteiger partial charge in [-0.15, -0.1) is 0 Å². The van der Waals surface area contributed by atoms with Crippen molar-refractivity contribution in [1.29, 1.82) is 5.41 Å². The Kier molecular flexibility index (Phi) is 5.27. The summed E-state index contributed by atoms with van der Waals surface area (Å²) < 4.78 is 4.47. The maximum atomic E-state index is 7.71. The Labute approximate surface area is 225 Å². The Morgan fingerprint density at radius 1 is 0.641 bits per heavy atom. The molecule has 188 valence electrons. The largest absolute Gasteiger partial charge is 0.333 e. The molecule has 0 bridgehead atoms. The number of nitrogens with zero attached hydrogens (tertiary/aromatic N) is 4. The third-order valence-corrected chi connectivity index (χ3v) is 7.04. The highest BCUT2D eigenvalue weighted by Crippen LogP contribution is 2.38. The molecule has 7 rings (SSSR count). The lowest BCUT2D eigenvalue weighted by Crippen LogP contribution is -2.24. The zero-order chi connectivity index (χ0) is 26.5. The van der Waals surface area contributed by atoms with Crippen LogP contribution in [0, 0.1) is 5.41 Å². The van der Waals surface area contributed by atoms with E-state index in [9.17, 15) is 0 Å². The van der Waals surface area contributed by atoms with Crippen LogP contribution in [0.1, 0.15) is 13.8 Å². The van der Waals surface area contributed by atoms with Gasteiger partial charge in [0, 0.05) is 32.9 Å². The Morgan fingerprint density at radius 2 is 1.21 bits per heavy atom. The van der Waals surface area contributed by atoms with E-state index in [0.29, 0.717) is 11.7 Å². The average Bonchev–Trinajstić information content (AvgIpc) is 3.44. The summed E-state index contributed by atoms with van der Waals surface area (Å²) in [6.45, 7) is 3.57. The van der Waals surface area contributed by atoms with Crippen molar-refractivity contribution in [1.82, 2.24) is 19.4 Å².